The van der Waals surface area contributed by atoms with E-state index < -0.39 is 0 Å². The van der Waals surface area contributed by atoms with E-state index in [2.05, 4.69) is 131 Å². The topological polar surface area (TPSA) is 6.48 Å². The molecule has 42 heavy (non-hydrogen) atoms. The highest BCUT2D eigenvalue weighted by atomic mass is 35.5. The van der Waals surface area contributed by atoms with Crippen molar-refractivity contribution < 1.29 is 0 Å². The van der Waals surface area contributed by atoms with Crippen LogP contribution in [0, 0.1) is 0 Å². The van der Waals surface area contributed by atoms with E-state index in [4.69, 9.17) is 23.2 Å². The first-order chi connectivity index (χ1) is 20.7. The normalized spacial score (nSPS) is 11.1. The lowest BCUT2D eigenvalue weighted by atomic mass is 10.1. The van der Waals surface area contributed by atoms with Gasteiger partial charge in [0.2, 0.25) is 0 Å². The molecule has 0 spiro atoms. The van der Waals surface area contributed by atoms with E-state index >= 15 is 0 Å². The molecule has 0 aromatic heterocycles. The summed E-state index contributed by atoms with van der Waals surface area (Å²) in [7, 11) is 0. The Morgan fingerprint density at radius 3 is 1.12 bits per heavy atom. The zero-order chi connectivity index (χ0) is 28.5. The van der Waals surface area contributed by atoms with Crippen molar-refractivity contribution in [3.8, 4) is 0 Å². The minimum Gasteiger partial charge on any atom is -0.310 e. The summed E-state index contributed by atoms with van der Waals surface area (Å²) >= 11 is 12.7. The van der Waals surface area contributed by atoms with E-state index in [1.54, 1.807) is 0 Å². The Hall–Kier alpha value is -4.76. The van der Waals surface area contributed by atoms with Crippen LogP contribution in [0.2, 0.25) is 10.0 Å². The maximum Gasteiger partial charge on any atom is 0.0540 e. The molecule has 0 saturated carbocycles. The Labute approximate surface area is 255 Å². The van der Waals surface area contributed by atoms with Crippen molar-refractivity contribution in [1.29, 1.82) is 0 Å². The second-order valence-electron chi connectivity index (χ2n) is 10.1. The van der Waals surface area contributed by atoms with Crippen LogP contribution in [-0.2, 0) is 0 Å². The predicted octanol–water partition coefficient (Wildman–Crippen LogP) is 12.2. The first kappa shape index (κ1) is 26.2. The van der Waals surface area contributed by atoms with Crippen molar-refractivity contribution in [2.45, 2.75) is 0 Å². The number of benzene rings is 7. The van der Waals surface area contributed by atoms with Crippen LogP contribution in [-0.4, -0.2) is 0 Å². The molecule has 7 rings (SSSR count). The smallest absolute Gasteiger partial charge is 0.0540 e. The van der Waals surface area contributed by atoms with Gasteiger partial charge in [-0.3, -0.25) is 0 Å². The Morgan fingerprint density at radius 2 is 0.714 bits per heavy atom. The lowest BCUT2D eigenvalue weighted by Crippen LogP contribution is -2.12. The van der Waals surface area contributed by atoms with Crippen LogP contribution in [0.1, 0.15) is 0 Å². The van der Waals surface area contributed by atoms with Crippen molar-refractivity contribution in [2.75, 3.05) is 9.80 Å². The molecule has 0 aliphatic heterocycles. The van der Waals surface area contributed by atoms with Gasteiger partial charge >= 0.3 is 0 Å². The van der Waals surface area contributed by atoms with Crippen LogP contribution in [0.15, 0.2) is 158 Å². The average molecular weight is 582 g/mol. The van der Waals surface area contributed by atoms with Gasteiger partial charge in [0.25, 0.3) is 0 Å². The van der Waals surface area contributed by atoms with E-state index in [1.165, 1.54) is 0 Å². The molecule has 4 heteroatoms. The third kappa shape index (κ3) is 4.96. The molecule has 2 nitrogen and oxygen atoms in total. The van der Waals surface area contributed by atoms with Gasteiger partial charge in [0.1, 0.15) is 0 Å². The molecule has 0 bridgehead atoms. The second-order valence-corrected chi connectivity index (χ2v) is 11.0. The van der Waals surface area contributed by atoms with Crippen LogP contribution in [0.5, 0.6) is 0 Å². The fourth-order valence-corrected chi connectivity index (χ4v) is 5.99. The SMILES string of the molecule is Clc1ccc2c(N(c3ccccc3)c3ccc(N(c4ccccc4)c4cccc5cc(Cl)ccc45)cc3)cccc2c1. The molecule has 0 unspecified atom stereocenters. The molecule has 7 aromatic carbocycles. The number of halogens is 2. The second kappa shape index (κ2) is 11.3. The van der Waals surface area contributed by atoms with Gasteiger partial charge in [-0.05, 0) is 95.7 Å². The van der Waals surface area contributed by atoms with Crippen LogP contribution < -0.4 is 9.80 Å². The minimum absolute atomic E-state index is 0.729. The largest absolute Gasteiger partial charge is 0.310 e. The maximum absolute atomic E-state index is 6.35. The van der Waals surface area contributed by atoms with E-state index in [9.17, 15) is 0 Å². The highest BCUT2D eigenvalue weighted by Crippen LogP contribution is 2.43. The Morgan fingerprint density at radius 1 is 0.333 bits per heavy atom. The van der Waals surface area contributed by atoms with Gasteiger partial charge in [-0.25, -0.2) is 0 Å². The van der Waals surface area contributed by atoms with E-state index in [-0.39, 0.29) is 0 Å². The van der Waals surface area contributed by atoms with Crippen molar-refractivity contribution in [3.63, 3.8) is 0 Å². The molecule has 202 valence electrons. The van der Waals surface area contributed by atoms with Gasteiger partial charge in [-0.2, -0.15) is 0 Å². The molecule has 0 saturated heterocycles. The molecule has 0 amide bonds. The number of hydrogen-bond donors (Lipinski definition) is 0. The van der Waals surface area contributed by atoms with Gasteiger partial charge in [0.05, 0.1) is 11.4 Å². The van der Waals surface area contributed by atoms with Crippen LogP contribution >= 0.6 is 23.2 Å². The fourth-order valence-electron chi connectivity index (χ4n) is 5.62. The molecule has 0 N–H and O–H groups in total. The molecule has 0 aliphatic rings. The number of anilines is 6. The Balaban J connectivity index is 1.38. The molecular weight excluding hydrogens is 555 g/mol. The number of nitrogens with zero attached hydrogens (tertiary/aromatic N) is 2. The third-order valence-corrected chi connectivity index (χ3v) is 7.99. The first-order valence-electron chi connectivity index (χ1n) is 13.8. The number of hydrogen-bond acceptors (Lipinski definition) is 2. The Kier molecular flexibility index (Phi) is 7.01. The lowest BCUT2D eigenvalue weighted by Gasteiger charge is -2.29. The molecule has 0 radical (unpaired) electrons. The molecule has 0 fully saturated rings. The summed E-state index contributed by atoms with van der Waals surface area (Å²) in [4.78, 5) is 4.60. The summed E-state index contributed by atoms with van der Waals surface area (Å²) in [5.74, 6) is 0. The van der Waals surface area contributed by atoms with Crippen molar-refractivity contribution >= 4 is 78.9 Å². The number of fused-ring (bicyclic) bond motifs is 2. The summed E-state index contributed by atoms with van der Waals surface area (Å²) in [6, 6.07) is 54.5. The zero-order valence-electron chi connectivity index (χ0n) is 22.7. The average Bonchev–Trinajstić information content (AvgIpc) is 3.03. The molecular formula is C38H26Cl2N2. The van der Waals surface area contributed by atoms with Gasteiger partial charge in [-0.15, -0.1) is 0 Å². The van der Waals surface area contributed by atoms with Gasteiger partial charge < -0.3 is 9.80 Å². The summed E-state index contributed by atoms with van der Waals surface area (Å²) in [6.45, 7) is 0. The van der Waals surface area contributed by atoms with E-state index in [1.807, 2.05) is 36.4 Å². The molecule has 0 aliphatic carbocycles. The van der Waals surface area contributed by atoms with E-state index in [0.717, 1.165) is 65.7 Å². The quantitative estimate of drug-likeness (QED) is 0.193. The standard InChI is InChI=1S/C38H26Cl2N2/c39-29-17-23-35-27(25-29)9-7-15-37(35)41(31-11-3-1-4-12-31)33-19-21-34(22-20-33)42(32-13-5-2-6-14-32)38-16-8-10-28-26-30(40)18-24-36(28)38/h1-26H. The fraction of sp³-hybridized carbons (Fsp3) is 0. The van der Waals surface area contributed by atoms with Crippen molar-refractivity contribution in [2.24, 2.45) is 0 Å². The van der Waals surface area contributed by atoms with Gasteiger partial charge in [-0.1, -0.05) is 96.0 Å². The van der Waals surface area contributed by atoms with Crippen LogP contribution in [0.25, 0.3) is 21.5 Å². The zero-order valence-corrected chi connectivity index (χ0v) is 24.2. The molecule has 0 heterocycles. The third-order valence-electron chi connectivity index (χ3n) is 7.52. The summed E-state index contributed by atoms with van der Waals surface area (Å²) in [5.41, 5.74) is 6.47. The maximum atomic E-state index is 6.35. The van der Waals surface area contributed by atoms with Crippen molar-refractivity contribution in [3.05, 3.63) is 168 Å². The van der Waals surface area contributed by atoms with Gasteiger partial charge in [0, 0.05) is 43.6 Å². The number of para-hydroxylation sites is 2. The van der Waals surface area contributed by atoms with Crippen molar-refractivity contribution in [1.82, 2.24) is 0 Å². The summed E-state index contributed by atoms with van der Waals surface area (Å²) in [6.07, 6.45) is 0. The highest BCUT2D eigenvalue weighted by Gasteiger charge is 2.18. The first-order valence-corrected chi connectivity index (χ1v) is 14.6. The van der Waals surface area contributed by atoms with E-state index in [0.29, 0.717) is 0 Å². The minimum atomic E-state index is 0.729. The summed E-state index contributed by atoms with van der Waals surface area (Å²) in [5, 5.41) is 5.93. The van der Waals surface area contributed by atoms with Crippen LogP contribution in [0.4, 0.5) is 34.1 Å². The Bertz CT molecular complexity index is 1860. The van der Waals surface area contributed by atoms with Gasteiger partial charge in [0.15, 0.2) is 0 Å². The molecule has 0 atom stereocenters. The number of rotatable bonds is 6. The highest BCUT2D eigenvalue weighted by molar-refractivity contribution is 6.31. The predicted molar refractivity (Wildman–Crippen MR) is 181 cm³/mol. The lowest BCUT2D eigenvalue weighted by molar-refractivity contribution is 1.27. The monoisotopic (exact) mass is 580 g/mol. The summed E-state index contributed by atoms with van der Waals surface area (Å²) < 4.78 is 0. The molecule has 7 aromatic rings. The van der Waals surface area contributed by atoms with Crippen LogP contribution in [0.3, 0.4) is 0 Å².